The van der Waals surface area contributed by atoms with Gasteiger partial charge >= 0.3 is 0 Å². The van der Waals surface area contributed by atoms with Crippen molar-refractivity contribution >= 4 is 22.6 Å². The van der Waals surface area contributed by atoms with Gasteiger partial charge in [0.15, 0.2) is 5.82 Å². The molecule has 3 N–H and O–H groups in total. The van der Waals surface area contributed by atoms with Gasteiger partial charge in [0, 0.05) is 31.1 Å². The average molecular weight is 368 g/mol. The minimum atomic E-state index is -0.313. The monoisotopic (exact) mass is 368 g/mol. The predicted octanol–water partition coefficient (Wildman–Crippen LogP) is 3.63. The molecule has 0 aliphatic carbocycles. The van der Waals surface area contributed by atoms with Crippen molar-refractivity contribution in [3.8, 4) is 5.75 Å². The van der Waals surface area contributed by atoms with Gasteiger partial charge in [-0.15, -0.1) is 0 Å². The van der Waals surface area contributed by atoms with Crippen molar-refractivity contribution in [2.75, 3.05) is 11.9 Å². The number of halogens is 1. The number of hydrogen-bond donors (Lipinski definition) is 3. The Kier molecular flexibility index (Phi) is 4.22. The van der Waals surface area contributed by atoms with Gasteiger partial charge in [-0.25, -0.2) is 4.39 Å². The standard InChI is InChI=1S/C20H21FN4O2/c1-11(2)8-22-19-15-6-16(18(26)7-17(15)23-24-19)20(27)25-9-12-3-4-14(21)5-13(12)10-25/h3-7,11,26H,8-10H2,1-2H3,(H2,22,23,24). The normalized spacial score (nSPS) is 13.4. The van der Waals surface area contributed by atoms with Crippen LogP contribution in [-0.2, 0) is 13.1 Å². The fraction of sp³-hybridized carbons (Fsp3) is 0.300. The molecule has 0 radical (unpaired) electrons. The minimum Gasteiger partial charge on any atom is -0.507 e. The molecule has 1 amide bonds. The third kappa shape index (κ3) is 3.20. The van der Waals surface area contributed by atoms with E-state index in [1.165, 1.54) is 18.2 Å². The number of aromatic hydroxyl groups is 1. The molecule has 0 saturated carbocycles. The number of rotatable bonds is 4. The number of phenols is 1. The summed E-state index contributed by atoms with van der Waals surface area (Å²) in [5, 5.41) is 21.5. The summed E-state index contributed by atoms with van der Waals surface area (Å²) in [6.07, 6.45) is 0. The smallest absolute Gasteiger partial charge is 0.258 e. The molecule has 4 rings (SSSR count). The van der Waals surface area contributed by atoms with E-state index < -0.39 is 0 Å². The summed E-state index contributed by atoms with van der Waals surface area (Å²) in [6.45, 7) is 5.66. The van der Waals surface area contributed by atoms with Crippen molar-refractivity contribution in [3.05, 3.63) is 52.8 Å². The highest BCUT2D eigenvalue weighted by molar-refractivity contribution is 6.03. The number of aromatic amines is 1. The van der Waals surface area contributed by atoms with Crippen LogP contribution in [0.2, 0.25) is 0 Å². The Morgan fingerprint density at radius 3 is 2.85 bits per heavy atom. The lowest BCUT2D eigenvalue weighted by atomic mass is 10.1. The average Bonchev–Trinajstić information content (AvgIpc) is 3.21. The van der Waals surface area contributed by atoms with E-state index in [-0.39, 0.29) is 23.0 Å². The topological polar surface area (TPSA) is 81.2 Å². The van der Waals surface area contributed by atoms with Gasteiger partial charge in [-0.1, -0.05) is 19.9 Å². The van der Waals surface area contributed by atoms with Gasteiger partial charge in [0.25, 0.3) is 5.91 Å². The molecule has 27 heavy (non-hydrogen) atoms. The molecular weight excluding hydrogens is 347 g/mol. The zero-order valence-electron chi connectivity index (χ0n) is 15.2. The molecule has 0 atom stereocenters. The Hall–Kier alpha value is -3.09. The van der Waals surface area contributed by atoms with Gasteiger partial charge in [0.05, 0.1) is 11.1 Å². The van der Waals surface area contributed by atoms with Gasteiger partial charge < -0.3 is 15.3 Å². The van der Waals surface area contributed by atoms with Crippen LogP contribution in [0.15, 0.2) is 30.3 Å². The predicted molar refractivity (Wildman–Crippen MR) is 101 cm³/mol. The molecule has 6 nitrogen and oxygen atoms in total. The number of fused-ring (bicyclic) bond motifs is 2. The Balaban J connectivity index is 1.64. The summed E-state index contributed by atoms with van der Waals surface area (Å²) in [6, 6.07) is 7.72. The molecule has 0 saturated heterocycles. The third-order valence-corrected chi connectivity index (χ3v) is 4.77. The second kappa shape index (κ2) is 6.57. The number of anilines is 1. The molecule has 140 valence electrons. The van der Waals surface area contributed by atoms with Crippen LogP contribution in [0.3, 0.4) is 0 Å². The Morgan fingerprint density at radius 2 is 2.07 bits per heavy atom. The lowest BCUT2D eigenvalue weighted by molar-refractivity contribution is 0.0748. The lowest BCUT2D eigenvalue weighted by Crippen LogP contribution is -2.25. The van der Waals surface area contributed by atoms with Gasteiger partial charge in [0.2, 0.25) is 0 Å². The molecule has 1 aliphatic heterocycles. The van der Waals surface area contributed by atoms with Crippen molar-refractivity contribution in [2.45, 2.75) is 26.9 Å². The van der Waals surface area contributed by atoms with Crippen molar-refractivity contribution in [2.24, 2.45) is 5.92 Å². The minimum absolute atomic E-state index is 0.103. The highest BCUT2D eigenvalue weighted by atomic mass is 19.1. The molecule has 0 spiro atoms. The maximum absolute atomic E-state index is 13.4. The molecule has 0 fully saturated rings. The van der Waals surface area contributed by atoms with Crippen LogP contribution in [0.5, 0.6) is 5.75 Å². The van der Waals surface area contributed by atoms with Crippen molar-refractivity contribution in [3.63, 3.8) is 0 Å². The molecule has 1 aromatic heterocycles. The van der Waals surface area contributed by atoms with E-state index in [1.54, 1.807) is 17.0 Å². The van der Waals surface area contributed by atoms with Crippen LogP contribution < -0.4 is 5.32 Å². The van der Waals surface area contributed by atoms with Gasteiger partial charge in [-0.05, 0) is 35.2 Å². The number of hydrogen-bond acceptors (Lipinski definition) is 4. The van der Waals surface area contributed by atoms with Gasteiger partial charge in [-0.2, -0.15) is 5.10 Å². The highest BCUT2D eigenvalue weighted by Crippen LogP contribution is 2.32. The number of aromatic nitrogens is 2. The van der Waals surface area contributed by atoms with Crippen LogP contribution in [0, 0.1) is 11.7 Å². The first-order valence-electron chi connectivity index (χ1n) is 8.94. The van der Waals surface area contributed by atoms with E-state index in [2.05, 4.69) is 29.4 Å². The fourth-order valence-corrected chi connectivity index (χ4v) is 3.34. The van der Waals surface area contributed by atoms with Gasteiger partial charge in [-0.3, -0.25) is 9.89 Å². The van der Waals surface area contributed by atoms with Crippen molar-refractivity contribution in [1.82, 2.24) is 15.1 Å². The van der Waals surface area contributed by atoms with E-state index >= 15 is 0 Å². The highest BCUT2D eigenvalue weighted by Gasteiger charge is 2.27. The Bertz CT molecular complexity index is 1030. The van der Waals surface area contributed by atoms with Crippen LogP contribution in [0.4, 0.5) is 10.2 Å². The number of amides is 1. The number of carbonyl (C=O) groups is 1. The Labute approximate surface area is 156 Å². The van der Waals surface area contributed by atoms with Crippen LogP contribution in [0.1, 0.15) is 35.3 Å². The molecule has 7 heteroatoms. The van der Waals surface area contributed by atoms with Crippen molar-refractivity contribution < 1.29 is 14.3 Å². The summed E-state index contributed by atoms with van der Waals surface area (Å²) >= 11 is 0. The first-order chi connectivity index (χ1) is 12.9. The second-order valence-corrected chi connectivity index (χ2v) is 7.34. The fourth-order valence-electron chi connectivity index (χ4n) is 3.34. The quantitative estimate of drug-likeness (QED) is 0.657. The van der Waals surface area contributed by atoms with Crippen LogP contribution in [0.25, 0.3) is 10.9 Å². The molecule has 2 aromatic carbocycles. The lowest BCUT2D eigenvalue weighted by Gasteiger charge is -2.16. The molecule has 3 aromatic rings. The molecule has 1 aliphatic rings. The van der Waals surface area contributed by atoms with E-state index in [1.807, 2.05) is 0 Å². The number of phenolic OH excluding ortho intramolecular Hbond substituents is 1. The number of H-pyrrole nitrogens is 1. The zero-order chi connectivity index (χ0) is 19.1. The number of nitrogens with zero attached hydrogens (tertiary/aromatic N) is 2. The molecule has 0 bridgehead atoms. The summed E-state index contributed by atoms with van der Waals surface area (Å²) in [5.74, 6) is 0.389. The molecule has 2 heterocycles. The van der Waals surface area contributed by atoms with E-state index in [0.29, 0.717) is 30.3 Å². The zero-order valence-corrected chi connectivity index (χ0v) is 15.2. The number of carbonyl (C=O) groups excluding carboxylic acids is 1. The largest absolute Gasteiger partial charge is 0.507 e. The van der Waals surface area contributed by atoms with E-state index in [4.69, 9.17) is 0 Å². The number of nitrogens with one attached hydrogen (secondary N) is 2. The summed E-state index contributed by atoms with van der Waals surface area (Å²) in [4.78, 5) is 14.6. The molecule has 0 unspecified atom stereocenters. The first-order valence-corrected chi connectivity index (χ1v) is 8.94. The van der Waals surface area contributed by atoms with E-state index in [9.17, 15) is 14.3 Å². The Morgan fingerprint density at radius 1 is 1.30 bits per heavy atom. The summed E-state index contributed by atoms with van der Waals surface area (Å²) < 4.78 is 13.4. The van der Waals surface area contributed by atoms with Gasteiger partial charge in [0.1, 0.15) is 11.6 Å². The second-order valence-electron chi connectivity index (χ2n) is 7.34. The summed E-state index contributed by atoms with van der Waals surface area (Å²) in [7, 11) is 0. The number of benzene rings is 2. The van der Waals surface area contributed by atoms with Crippen molar-refractivity contribution in [1.29, 1.82) is 0 Å². The van der Waals surface area contributed by atoms with Crippen LogP contribution >= 0.6 is 0 Å². The SMILES string of the molecule is CC(C)CNc1n[nH]c2cc(O)c(C(=O)N3Cc4ccc(F)cc4C3)cc12. The maximum atomic E-state index is 13.4. The maximum Gasteiger partial charge on any atom is 0.258 e. The summed E-state index contributed by atoms with van der Waals surface area (Å²) in [5.41, 5.74) is 2.59. The van der Waals surface area contributed by atoms with E-state index in [0.717, 1.165) is 23.1 Å². The van der Waals surface area contributed by atoms with Crippen LogP contribution in [-0.4, -0.2) is 32.7 Å². The first kappa shape index (κ1) is 17.3. The molecular formula is C20H21FN4O2. The third-order valence-electron chi connectivity index (χ3n) is 4.77.